The van der Waals surface area contributed by atoms with E-state index >= 15 is 0 Å². The third-order valence-corrected chi connectivity index (χ3v) is 6.62. The summed E-state index contributed by atoms with van der Waals surface area (Å²) in [6.45, 7) is 1.51. The number of hydrazine groups is 1. The first kappa shape index (κ1) is 22.2. The highest BCUT2D eigenvalue weighted by Gasteiger charge is 2.52. The van der Waals surface area contributed by atoms with Crippen molar-refractivity contribution in [3.05, 3.63) is 81.9 Å². The maximum absolute atomic E-state index is 13.6. The second kappa shape index (κ2) is 8.88. The molecular formula is C24H20Cl2N2O4. The minimum absolute atomic E-state index is 0.112. The van der Waals surface area contributed by atoms with Gasteiger partial charge in [-0.1, -0.05) is 65.7 Å². The first-order valence-electron chi connectivity index (χ1n) is 10.2. The molecule has 0 radical (unpaired) electrons. The fourth-order valence-corrected chi connectivity index (χ4v) is 4.45. The highest BCUT2D eigenvalue weighted by atomic mass is 35.5. The molecule has 3 atom stereocenters. The number of Topliss-reactive ketones (excluding diaryl/α,β-unsaturated/α-hetero) is 1. The van der Waals surface area contributed by atoms with Crippen molar-refractivity contribution in [1.29, 1.82) is 0 Å². The molecule has 0 saturated carbocycles. The number of nitrogens with zero attached hydrogens (tertiary/aromatic N) is 2. The molecule has 1 heterocycles. The molecule has 1 saturated heterocycles. The van der Waals surface area contributed by atoms with E-state index in [-0.39, 0.29) is 15.6 Å². The summed E-state index contributed by atoms with van der Waals surface area (Å²) in [7, 11) is 0. The quantitative estimate of drug-likeness (QED) is 0.364. The van der Waals surface area contributed by atoms with E-state index in [0.29, 0.717) is 18.4 Å². The summed E-state index contributed by atoms with van der Waals surface area (Å²) in [6, 6.07) is 11.6. The van der Waals surface area contributed by atoms with Crippen molar-refractivity contribution in [2.45, 2.75) is 25.8 Å². The van der Waals surface area contributed by atoms with Crippen molar-refractivity contribution in [3.8, 4) is 0 Å². The van der Waals surface area contributed by atoms with Gasteiger partial charge in [-0.15, -0.1) is 0 Å². The van der Waals surface area contributed by atoms with Gasteiger partial charge in [0.2, 0.25) is 0 Å². The Kier molecular flexibility index (Phi) is 6.17. The van der Waals surface area contributed by atoms with Crippen LogP contribution in [0.25, 0.3) is 0 Å². The summed E-state index contributed by atoms with van der Waals surface area (Å²) in [6.07, 6.45) is 4.56. The smallest absolute Gasteiger partial charge is 0.273 e. The van der Waals surface area contributed by atoms with Crippen LogP contribution in [0, 0.1) is 11.8 Å². The van der Waals surface area contributed by atoms with Gasteiger partial charge < -0.3 is 0 Å². The molecule has 1 fully saturated rings. The molecule has 1 aliphatic heterocycles. The summed E-state index contributed by atoms with van der Waals surface area (Å²) in [4.78, 5) is 53.3. The monoisotopic (exact) mass is 470 g/mol. The van der Waals surface area contributed by atoms with Gasteiger partial charge in [-0.2, -0.15) is 5.01 Å². The number of benzene rings is 2. The molecule has 4 rings (SSSR count). The number of amides is 3. The van der Waals surface area contributed by atoms with Gasteiger partial charge in [0.15, 0.2) is 5.78 Å². The van der Waals surface area contributed by atoms with Gasteiger partial charge in [-0.05, 0) is 38.0 Å². The fraction of sp³-hybridized carbons (Fsp3) is 0.250. The van der Waals surface area contributed by atoms with Gasteiger partial charge in [-0.25, -0.2) is 5.01 Å². The standard InChI is InChI=1S/C24H20Cl2N2O4/c1-14(21(29)15-7-3-2-4-8-15)27(22(30)16-11-12-19(25)20(26)13-16)28-23(31)17-9-5-6-10-18(17)24(28)32/h2-8,11-14,17-18H,9-10H2,1H3/t14-,17-,18+/m0/s1. The Hall–Kier alpha value is -2.96. The fourth-order valence-electron chi connectivity index (χ4n) is 4.15. The minimum atomic E-state index is -1.11. The molecule has 32 heavy (non-hydrogen) atoms. The van der Waals surface area contributed by atoms with Crippen molar-refractivity contribution in [2.75, 3.05) is 0 Å². The maximum atomic E-state index is 13.6. The van der Waals surface area contributed by atoms with E-state index in [1.54, 1.807) is 30.3 Å². The van der Waals surface area contributed by atoms with E-state index in [9.17, 15) is 19.2 Å². The molecule has 0 spiro atoms. The van der Waals surface area contributed by atoms with E-state index in [1.807, 2.05) is 12.2 Å². The summed E-state index contributed by atoms with van der Waals surface area (Å²) in [5.74, 6) is -3.14. The van der Waals surface area contributed by atoms with Crippen LogP contribution in [-0.4, -0.2) is 39.6 Å². The van der Waals surface area contributed by atoms with Crippen LogP contribution in [0.4, 0.5) is 0 Å². The number of rotatable bonds is 5. The Morgan fingerprint density at radius 3 is 2.06 bits per heavy atom. The first-order valence-corrected chi connectivity index (χ1v) is 11.0. The van der Waals surface area contributed by atoms with Gasteiger partial charge in [0.1, 0.15) is 6.04 Å². The molecule has 1 aliphatic carbocycles. The minimum Gasteiger partial charge on any atom is -0.292 e. The topological polar surface area (TPSA) is 74.8 Å². The van der Waals surface area contributed by atoms with E-state index in [2.05, 4.69) is 0 Å². The van der Waals surface area contributed by atoms with Crippen LogP contribution in [0.2, 0.25) is 10.0 Å². The Morgan fingerprint density at radius 1 is 0.906 bits per heavy atom. The van der Waals surface area contributed by atoms with Crippen LogP contribution in [0.5, 0.6) is 0 Å². The third kappa shape index (κ3) is 3.85. The van der Waals surface area contributed by atoms with E-state index in [1.165, 1.54) is 25.1 Å². The lowest BCUT2D eigenvalue weighted by Crippen LogP contribution is -2.56. The molecular weight excluding hydrogens is 451 g/mol. The number of ketones is 1. The third-order valence-electron chi connectivity index (χ3n) is 5.88. The van der Waals surface area contributed by atoms with Gasteiger partial charge >= 0.3 is 0 Å². The highest BCUT2D eigenvalue weighted by Crippen LogP contribution is 2.37. The summed E-state index contributed by atoms with van der Waals surface area (Å²) < 4.78 is 0. The molecule has 2 aliphatic rings. The Balaban J connectivity index is 1.77. The largest absolute Gasteiger partial charge is 0.292 e. The molecule has 0 unspecified atom stereocenters. The van der Waals surface area contributed by atoms with Gasteiger partial charge in [0, 0.05) is 11.1 Å². The van der Waals surface area contributed by atoms with Crippen molar-refractivity contribution < 1.29 is 19.2 Å². The van der Waals surface area contributed by atoms with Gasteiger partial charge in [0.25, 0.3) is 17.7 Å². The van der Waals surface area contributed by atoms with Crippen molar-refractivity contribution in [1.82, 2.24) is 10.0 Å². The predicted molar refractivity (Wildman–Crippen MR) is 120 cm³/mol. The normalized spacial score (nSPS) is 20.8. The summed E-state index contributed by atoms with van der Waals surface area (Å²) in [5, 5.41) is 2.24. The van der Waals surface area contributed by atoms with E-state index in [0.717, 1.165) is 10.0 Å². The van der Waals surface area contributed by atoms with E-state index < -0.39 is 41.4 Å². The number of carbonyl (C=O) groups excluding carboxylic acids is 4. The molecule has 3 amide bonds. The second-order valence-corrected chi connectivity index (χ2v) is 8.64. The number of halogens is 2. The Morgan fingerprint density at radius 2 is 1.50 bits per heavy atom. The summed E-state index contributed by atoms with van der Waals surface area (Å²) in [5.41, 5.74) is 0.478. The lowest BCUT2D eigenvalue weighted by Gasteiger charge is -2.34. The average molecular weight is 471 g/mol. The zero-order chi connectivity index (χ0) is 23.0. The first-order chi connectivity index (χ1) is 15.3. The van der Waals surface area contributed by atoms with Crippen LogP contribution in [0.3, 0.4) is 0 Å². The summed E-state index contributed by atoms with van der Waals surface area (Å²) >= 11 is 12.1. The van der Waals surface area contributed by atoms with Crippen LogP contribution in [-0.2, 0) is 9.59 Å². The van der Waals surface area contributed by atoms with Crippen molar-refractivity contribution in [3.63, 3.8) is 0 Å². The number of allylic oxidation sites excluding steroid dienone is 2. The molecule has 0 aromatic heterocycles. The van der Waals surface area contributed by atoms with Gasteiger partial charge in [-0.3, -0.25) is 19.2 Å². The number of imide groups is 1. The predicted octanol–water partition coefficient (Wildman–Crippen LogP) is 4.57. The maximum Gasteiger partial charge on any atom is 0.273 e. The molecule has 8 heteroatoms. The molecule has 0 bridgehead atoms. The average Bonchev–Trinajstić information content (AvgIpc) is 3.06. The molecule has 6 nitrogen and oxygen atoms in total. The van der Waals surface area contributed by atoms with Gasteiger partial charge in [0.05, 0.1) is 21.9 Å². The van der Waals surface area contributed by atoms with Crippen LogP contribution < -0.4 is 0 Å². The molecule has 2 aromatic rings. The lowest BCUT2D eigenvalue weighted by atomic mass is 9.85. The highest BCUT2D eigenvalue weighted by molar-refractivity contribution is 6.42. The SMILES string of the molecule is C[C@@H](C(=O)c1ccccc1)N(C(=O)c1ccc(Cl)c(Cl)c1)N1C(=O)[C@H]2CC=CC[C@H]2C1=O. The number of fused-ring (bicyclic) bond motifs is 1. The van der Waals surface area contributed by atoms with Crippen LogP contribution in [0.1, 0.15) is 40.5 Å². The second-order valence-electron chi connectivity index (χ2n) is 7.83. The van der Waals surface area contributed by atoms with Crippen LogP contribution in [0.15, 0.2) is 60.7 Å². The Labute approximate surface area is 195 Å². The molecule has 2 aromatic carbocycles. The van der Waals surface area contributed by atoms with Crippen molar-refractivity contribution >= 4 is 46.7 Å². The van der Waals surface area contributed by atoms with E-state index in [4.69, 9.17) is 23.2 Å². The van der Waals surface area contributed by atoms with Crippen molar-refractivity contribution in [2.24, 2.45) is 11.8 Å². The zero-order valence-corrected chi connectivity index (χ0v) is 18.7. The lowest BCUT2D eigenvalue weighted by molar-refractivity contribution is -0.156. The van der Waals surface area contributed by atoms with Crippen LogP contribution >= 0.6 is 23.2 Å². The number of carbonyl (C=O) groups is 4. The Bertz CT molecular complexity index is 1110. The number of hydrogen-bond donors (Lipinski definition) is 0. The zero-order valence-electron chi connectivity index (χ0n) is 17.2. The molecule has 164 valence electrons. The number of hydrogen-bond acceptors (Lipinski definition) is 4. The molecule has 0 N–H and O–H groups in total.